The van der Waals surface area contributed by atoms with Gasteiger partial charge in [-0.3, -0.25) is 4.79 Å². The second-order valence-electron chi connectivity index (χ2n) is 10.0. The van der Waals surface area contributed by atoms with Crippen molar-refractivity contribution in [1.82, 2.24) is 0 Å². The van der Waals surface area contributed by atoms with E-state index < -0.39 is 11.6 Å². The maximum absolute atomic E-state index is 11.8. The largest absolute Gasteiger partial charge is 0.481 e. The summed E-state index contributed by atoms with van der Waals surface area (Å²) in [6.45, 7) is 4.31. The molecule has 0 radical (unpaired) electrons. The van der Waals surface area contributed by atoms with E-state index in [1.165, 1.54) is 32.1 Å². The van der Waals surface area contributed by atoms with Crippen molar-refractivity contribution in [3.63, 3.8) is 0 Å². The van der Waals surface area contributed by atoms with Gasteiger partial charge in [0.1, 0.15) is 0 Å². The molecule has 8 atom stereocenters. The average Bonchev–Trinajstić information content (AvgIpc) is 2.51. The number of aliphatic hydroxyl groups is 1. The molecule has 4 rings (SSSR count). The molecule has 2 N–H and O–H groups in total. The minimum Gasteiger partial charge on any atom is -0.481 e. The van der Waals surface area contributed by atoms with Gasteiger partial charge in [0.25, 0.3) is 0 Å². The van der Waals surface area contributed by atoms with Gasteiger partial charge >= 0.3 is 5.97 Å². The van der Waals surface area contributed by atoms with Gasteiger partial charge in [0, 0.05) is 0 Å². The predicted molar refractivity (Wildman–Crippen MR) is 93.5 cm³/mol. The number of fused-ring (bicyclic) bond motifs is 5. The third-order valence-electron chi connectivity index (χ3n) is 8.78. The molecular formula is C21H34O3. The first-order valence-electron chi connectivity index (χ1n) is 10.3. The Labute approximate surface area is 146 Å². The molecule has 4 saturated carbocycles. The van der Waals surface area contributed by atoms with Crippen LogP contribution < -0.4 is 0 Å². The standard InChI is InChI=1S/C21H34O3/c1-20(24)10-8-14-13(12-20)6-7-16-15(14)9-11-21(2)17(16)4-3-5-18(21)19(22)23/h13-18,24H,3-12H2,1-2H3,(H,22,23)/t13-,14+,15-,16-,17+,18-,20-,21+/m1/s1. The molecule has 4 aliphatic rings. The first-order chi connectivity index (χ1) is 11.3. The Morgan fingerprint density at radius 1 is 0.917 bits per heavy atom. The van der Waals surface area contributed by atoms with Gasteiger partial charge < -0.3 is 10.2 Å². The number of hydrogen-bond acceptors (Lipinski definition) is 2. The van der Waals surface area contributed by atoms with Crippen molar-refractivity contribution in [3.8, 4) is 0 Å². The Balaban J connectivity index is 1.57. The molecule has 136 valence electrons. The van der Waals surface area contributed by atoms with E-state index in [0.717, 1.165) is 49.9 Å². The summed E-state index contributed by atoms with van der Waals surface area (Å²) in [6, 6.07) is 0. The zero-order valence-electron chi connectivity index (χ0n) is 15.3. The first kappa shape index (κ1) is 16.9. The predicted octanol–water partition coefficient (Wildman–Crippen LogP) is 4.48. The van der Waals surface area contributed by atoms with Crippen LogP contribution >= 0.6 is 0 Å². The molecule has 4 aliphatic carbocycles. The lowest BCUT2D eigenvalue weighted by molar-refractivity contribution is -0.163. The molecule has 0 amide bonds. The molecule has 0 aromatic heterocycles. The van der Waals surface area contributed by atoms with Crippen LogP contribution in [0.1, 0.15) is 78.1 Å². The highest BCUT2D eigenvalue weighted by Crippen LogP contribution is 2.63. The fourth-order valence-corrected chi connectivity index (χ4v) is 7.68. The summed E-state index contributed by atoms with van der Waals surface area (Å²) >= 11 is 0. The maximum Gasteiger partial charge on any atom is 0.307 e. The van der Waals surface area contributed by atoms with E-state index in [1.54, 1.807) is 0 Å². The van der Waals surface area contributed by atoms with E-state index in [1.807, 2.05) is 6.92 Å². The summed E-state index contributed by atoms with van der Waals surface area (Å²) in [5.41, 5.74) is -0.422. The summed E-state index contributed by atoms with van der Waals surface area (Å²) < 4.78 is 0. The van der Waals surface area contributed by atoms with E-state index >= 15 is 0 Å². The summed E-state index contributed by atoms with van der Waals surface area (Å²) in [4.78, 5) is 11.8. The lowest BCUT2D eigenvalue weighted by Crippen LogP contribution is -2.54. The lowest BCUT2D eigenvalue weighted by atomic mass is 9.45. The third-order valence-corrected chi connectivity index (χ3v) is 8.78. The van der Waals surface area contributed by atoms with Crippen molar-refractivity contribution in [3.05, 3.63) is 0 Å². The zero-order valence-corrected chi connectivity index (χ0v) is 15.3. The smallest absolute Gasteiger partial charge is 0.307 e. The van der Waals surface area contributed by atoms with Gasteiger partial charge in [-0.25, -0.2) is 0 Å². The van der Waals surface area contributed by atoms with Gasteiger partial charge in [0.15, 0.2) is 0 Å². The van der Waals surface area contributed by atoms with E-state index in [9.17, 15) is 15.0 Å². The lowest BCUT2D eigenvalue weighted by Gasteiger charge is -2.60. The minimum absolute atomic E-state index is 0.0260. The van der Waals surface area contributed by atoms with E-state index in [0.29, 0.717) is 11.8 Å². The molecule has 0 aromatic rings. The van der Waals surface area contributed by atoms with E-state index in [-0.39, 0.29) is 11.3 Å². The fourth-order valence-electron chi connectivity index (χ4n) is 7.68. The minimum atomic E-state index is -0.553. The molecule has 3 nitrogen and oxygen atoms in total. The average molecular weight is 335 g/mol. The van der Waals surface area contributed by atoms with Crippen LogP contribution in [-0.2, 0) is 4.79 Å². The van der Waals surface area contributed by atoms with Crippen LogP contribution in [0.15, 0.2) is 0 Å². The first-order valence-corrected chi connectivity index (χ1v) is 10.3. The van der Waals surface area contributed by atoms with Gasteiger partial charge in [0.05, 0.1) is 11.5 Å². The molecule has 4 fully saturated rings. The van der Waals surface area contributed by atoms with Gasteiger partial charge in [-0.15, -0.1) is 0 Å². The van der Waals surface area contributed by atoms with Crippen molar-refractivity contribution >= 4 is 5.97 Å². The molecule has 24 heavy (non-hydrogen) atoms. The summed E-state index contributed by atoms with van der Waals surface area (Å²) in [5, 5.41) is 20.2. The Hall–Kier alpha value is -0.570. The number of carbonyl (C=O) groups is 1. The van der Waals surface area contributed by atoms with Crippen LogP contribution in [0.3, 0.4) is 0 Å². The summed E-state index contributed by atoms with van der Waals surface area (Å²) in [5.74, 6) is 2.98. The number of aliphatic carboxylic acids is 1. The Kier molecular flexibility index (Phi) is 4.02. The SMILES string of the molecule is C[C@@]1(O)CC[C@H]2[C@H](CC[C@@H]3[C@@H]2CC[C@]2(C)[C@@H](C(=O)O)CCC[C@@H]32)C1. The van der Waals surface area contributed by atoms with Crippen LogP contribution in [0.25, 0.3) is 0 Å². The van der Waals surface area contributed by atoms with Gasteiger partial charge in [-0.2, -0.15) is 0 Å². The second-order valence-corrected chi connectivity index (χ2v) is 10.0. The maximum atomic E-state index is 11.8. The van der Waals surface area contributed by atoms with Gasteiger partial charge in [-0.1, -0.05) is 13.3 Å². The molecule has 0 aliphatic heterocycles. The summed E-state index contributed by atoms with van der Waals surface area (Å²) in [7, 11) is 0. The highest BCUT2D eigenvalue weighted by atomic mass is 16.4. The third kappa shape index (κ3) is 2.53. The Morgan fingerprint density at radius 2 is 1.67 bits per heavy atom. The van der Waals surface area contributed by atoms with Crippen LogP contribution in [0.5, 0.6) is 0 Å². The van der Waals surface area contributed by atoms with Gasteiger partial charge in [-0.05, 0) is 99.7 Å². The molecule has 0 aromatic carbocycles. The van der Waals surface area contributed by atoms with Crippen molar-refractivity contribution in [2.24, 2.45) is 40.9 Å². The topological polar surface area (TPSA) is 57.5 Å². The van der Waals surface area contributed by atoms with Crippen LogP contribution in [-0.4, -0.2) is 21.8 Å². The van der Waals surface area contributed by atoms with Crippen LogP contribution in [0.2, 0.25) is 0 Å². The number of hydrogen-bond donors (Lipinski definition) is 2. The molecular weight excluding hydrogens is 300 g/mol. The monoisotopic (exact) mass is 334 g/mol. The molecule has 3 heteroatoms. The normalized spacial score (nSPS) is 54.3. The quantitative estimate of drug-likeness (QED) is 0.743. The second kappa shape index (κ2) is 5.72. The molecule has 0 heterocycles. The highest BCUT2D eigenvalue weighted by Gasteiger charge is 2.57. The van der Waals surface area contributed by atoms with Gasteiger partial charge in [0.2, 0.25) is 0 Å². The number of carboxylic acid groups (broad SMARTS) is 1. The van der Waals surface area contributed by atoms with E-state index in [4.69, 9.17) is 0 Å². The number of carboxylic acids is 1. The van der Waals surface area contributed by atoms with Crippen molar-refractivity contribution in [1.29, 1.82) is 0 Å². The molecule has 0 bridgehead atoms. The van der Waals surface area contributed by atoms with Crippen molar-refractivity contribution in [2.45, 2.75) is 83.7 Å². The fraction of sp³-hybridized carbons (Fsp3) is 0.952. The van der Waals surface area contributed by atoms with Crippen molar-refractivity contribution < 1.29 is 15.0 Å². The molecule has 0 saturated heterocycles. The molecule has 0 spiro atoms. The van der Waals surface area contributed by atoms with Crippen LogP contribution in [0, 0.1) is 40.9 Å². The Bertz CT molecular complexity index is 513. The zero-order chi connectivity index (χ0) is 17.1. The number of rotatable bonds is 1. The highest BCUT2D eigenvalue weighted by molar-refractivity contribution is 5.71. The van der Waals surface area contributed by atoms with Crippen molar-refractivity contribution in [2.75, 3.05) is 0 Å². The van der Waals surface area contributed by atoms with Crippen LogP contribution in [0.4, 0.5) is 0 Å². The Morgan fingerprint density at radius 3 is 2.42 bits per heavy atom. The molecule has 0 unspecified atom stereocenters. The van der Waals surface area contributed by atoms with E-state index in [2.05, 4.69) is 6.92 Å². The summed E-state index contributed by atoms with van der Waals surface area (Å²) in [6.07, 6.45) is 11.2.